The molecule has 1 aliphatic rings. The van der Waals surface area contributed by atoms with Gasteiger partial charge >= 0.3 is 5.97 Å². The van der Waals surface area contributed by atoms with E-state index in [4.69, 9.17) is 5.11 Å². The van der Waals surface area contributed by atoms with Crippen LogP contribution in [0.4, 0.5) is 0 Å². The molecule has 5 nitrogen and oxygen atoms in total. The summed E-state index contributed by atoms with van der Waals surface area (Å²) in [5.41, 5.74) is 0. The summed E-state index contributed by atoms with van der Waals surface area (Å²) in [5.74, 6) is -1.62. The summed E-state index contributed by atoms with van der Waals surface area (Å²) in [5, 5.41) is 11.1. The minimum absolute atomic E-state index is 0.233. The highest BCUT2D eigenvalue weighted by Crippen LogP contribution is 2.38. The van der Waals surface area contributed by atoms with Crippen molar-refractivity contribution in [2.24, 2.45) is 11.8 Å². The maximum Gasteiger partial charge on any atom is 0.307 e. The van der Waals surface area contributed by atoms with Gasteiger partial charge in [-0.15, -0.1) is 0 Å². The molecule has 0 saturated heterocycles. The van der Waals surface area contributed by atoms with Crippen molar-refractivity contribution < 1.29 is 18.9 Å². The molecule has 0 spiro atoms. The van der Waals surface area contributed by atoms with Crippen LogP contribution in [-0.4, -0.2) is 39.7 Å². The van der Waals surface area contributed by atoms with E-state index in [-0.39, 0.29) is 11.8 Å². The van der Waals surface area contributed by atoms with Crippen LogP contribution < -0.4 is 5.32 Å². The van der Waals surface area contributed by atoms with Crippen molar-refractivity contribution >= 4 is 22.7 Å². The molecule has 1 aliphatic carbocycles. The van der Waals surface area contributed by atoms with Crippen molar-refractivity contribution in [2.45, 2.75) is 6.42 Å². The zero-order valence-electron chi connectivity index (χ0n) is 7.86. The van der Waals surface area contributed by atoms with Crippen molar-refractivity contribution in [3.05, 3.63) is 0 Å². The molecule has 0 heterocycles. The fourth-order valence-corrected chi connectivity index (χ4v) is 1.60. The summed E-state index contributed by atoms with van der Waals surface area (Å²) in [7, 11) is -0.923. The van der Waals surface area contributed by atoms with Crippen LogP contribution in [0.1, 0.15) is 6.42 Å². The molecular weight excluding hydrogens is 206 g/mol. The Bertz CT molecular complexity index is 279. The number of carbonyl (C=O) groups is 2. The molecule has 6 heteroatoms. The van der Waals surface area contributed by atoms with Gasteiger partial charge < -0.3 is 10.4 Å². The minimum Gasteiger partial charge on any atom is -0.481 e. The van der Waals surface area contributed by atoms with Crippen LogP contribution in [0.2, 0.25) is 0 Å². The van der Waals surface area contributed by atoms with Crippen LogP contribution in [-0.2, 0) is 20.4 Å². The third-order valence-corrected chi connectivity index (χ3v) is 2.91. The van der Waals surface area contributed by atoms with Crippen LogP contribution in [0.25, 0.3) is 0 Å². The Morgan fingerprint density at radius 3 is 2.57 bits per heavy atom. The molecule has 80 valence electrons. The third kappa shape index (κ3) is 3.10. The van der Waals surface area contributed by atoms with Crippen molar-refractivity contribution in [3.63, 3.8) is 0 Å². The topological polar surface area (TPSA) is 83.5 Å². The second-order valence-corrected chi connectivity index (χ2v) is 4.91. The van der Waals surface area contributed by atoms with Crippen LogP contribution >= 0.6 is 0 Å². The van der Waals surface area contributed by atoms with Crippen LogP contribution in [0.5, 0.6) is 0 Å². The van der Waals surface area contributed by atoms with E-state index in [1.54, 1.807) is 6.26 Å². The van der Waals surface area contributed by atoms with Gasteiger partial charge in [0.05, 0.1) is 11.8 Å². The maximum absolute atomic E-state index is 11.2. The van der Waals surface area contributed by atoms with E-state index in [9.17, 15) is 13.8 Å². The van der Waals surface area contributed by atoms with Crippen molar-refractivity contribution in [2.75, 3.05) is 18.6 Å². The molecule has 1 amide bonds. The van der Waals surface area contributed by atoms with E-state index < -0.39 is 22.7 Å². The molecule has 1 rings (SSSR count). The number of aliphatic carboxylic acids is 1. The normalized spacial score (nSPS) is 26.6. The second-order valence-electron chi connectivity index (χ2n) is 3.36. The zero-order chi connectivity index (χ0) is 10.7. The molecular formula is C8H13NO4S. The molecule has 2 N–H and O–H groups in total. The molecule has 0 aliphatic heterocycles. The summed E-state index contributed by atoms with van der Waals surface area (Å²) in [4.78, 5) is 21.7. The molecule has 0 radical (unpaired) electrons. The van der Waals surface area contributed by atoms with Crippen LogP contribution in [0, 0.1) is 11.8 Å². The average molecular weight is 219 g/mol. The number of carbonyl (C=O) groups excluding carboxylic acids is 1. The highest BCUT2D eigenvalue weighted by Gasteiger charge is 2.48. The number of hydrogen-bond acceptors (Lipinski definition) is 3. The predicted octanol–water partition coefficient (Wildman–Crippen LogP) is -0.798. The number of rotatable bonds is 5. The van der Waals surface area contributed by atoms with E-state index in [1.165, 1.54) is 0 Å². The molecule has 0 aromatic heterocycles. The largest absolute Gasteiger partial charge is 0.481 e. The summed E-state index contributed by atoms with van der Waals surface area (Å²) in [6, 6.07) is 0. The Morgan fingerprint density at radius 1 is 1.50 bits per heavy atom. The molecule has 3 unspecified atom stereocenters. The minimum atomic E-state index is -0.923. The SMILES string of the molecule is CS(=O)CCNC(=O)C1CC1C(=O)O. The predicted molar refractivity (Wildman–Crippen MR) is 51.2 cm³/mol. The quantitative estimate of drug-likeness (QED) is 0.634. The fraction of sp³-hybridized carbons (Fsp3) is 0.750. The monoisotopic (exact) mass is 219 g/mol. The number of carboxylic acid groups (broad SMARTS) is 1. The number of carboxylic acids is 1. The standard InChI is InChI=1S/C8H13NO4S/c1-14(13)3-2-9-7(10)5-4-6(5)8(11)12/h5-6H,2-4H2,1H3,(H,9,10)(H,11,12). The molecule has 14 heavy (non-hydrogen) atoms. The van der Waals surface area contributed by atoms with E-state index in [0.29, 0.717) is 18.7 Å². The van der Waals surface area contributed by atoms with E-state index in [0.717, 1.165) is 0 Å². The molecule has 3 atom stereocenters. The van der Waals surface area contributed by atoms with Crippen molar-refractivity contribution in [1.29, 1.82) is 0 Å². The highest BCUT2D eigenvalue weighted by molar-refractivity contribution is 7.84. The number of hydrogen-bond donors (Lipinski definition) is 2. The van der Waals surface area contributed by atoms with Gasteiger partial charge in [-0.05, 0) is 6.42 Å². The molecule has 0 bridgehead atoms. The highest BCUT2D eigenvalue weighted by atomic mass is 32.2. The molecule has 0 aromatic rings. The van der Waals surface area contributed by atoms with E-state index in [1.807, 2.05) is 0 Å². The van der Waals surface area contributed by atoms with Crippen LogP contribution in [0.15, 0.2) is 0 Å². The Hall–Kier alpha value is -0.910. The summed E-state index contributed by atoms with van der Waals surface area (Å²) >= 11 is 0. The lowest BCUT2D eigenvalue weighted by atomic mass is 10.3. The van der Waals surface area contributed by atoms with Gasteiger partial charge in [-0.1, -0.05) is 0 Å². The lowest BCUT2D eigenvalue weighted by Gasteiger charge is -2.01. The van der Waals surface area contributed by atoms with Gasteiger partial charge in [-0.3, -0.25) is 13.8 Å². The van der Waals surface area contributed by atoms with Gasteiger partial charge in [0.15, 0.2) is 0 Å². The van der Waals surface area contributed by atoms with E-state index in [2.05, 4.69) is 5.32 Å². The van der Waals surface area contributed by atoms with Gasteiger partial charge in [0.25, 0.3) is 0 Å². The second kappa shape index (κ2) is 4.54. The lowest BCUT2D eigenvalue weighted by Crippen LogP contribution is -2.29. The average Bonchev–Trinajstić information content (AvgIpc) is 2.81. The summed E-state index contributed by atoms with van der Waals surface area (Å²) in [6.45, 7) is 0.352. The van der Waals surface area contributed by atoms with Gasteiger partial charge in [0, 0.05) is 29.4 Å². The van der Waals surface area contributed by atoms with Gasteiger partial charge in [-0.2, -0.15) is 0 Å². The molecule has 0 aromatic carbocycles. The third-order valence-electron chi connectivity index (χ3n) is 2.13. The zero-order valence-corrected chi connectivity index (χ0v) is 8.67. The Balaban J connectivity index is 2.18. The first kappa shape index (κ1) is 11.2. The summed E-state index contributed by atoms with van der Waals surface area (Å²) < 4.78 is 10.6. The fourth-order valence-electron chi connectivity index (χ4n) is 1.21. The van der Waals surface area contributed by atoms with Crippen molar-refractivity contribution in [1.82, 2.24) is 5.32 Å². The smallest absolute Gasteiger partial charge is 0.307 e. The molecule has 1 fully saturated rings. The van der Waals surface area contributed by atoms with Gasteiger partial charge in [-0.25, -0.2) is 0 Å². The summed E-state index contributed by atoms with van der Waals surface area (Å²) in [6.07, 6.45) is 1.99. The van der Waals surface area contributed by atoms with Crippen molar-refractivity contribution in [3.8, 4) is 0 Å². The Labute approximate surface area is 84.3 Å². The molecule has 1 saturated carbocycles. The maximum atomic E-state index is 11.2. The van der Waals surface area contributed by atoms with Crippen LogP contribution in [0.3, 0.4) is 0 Å². The first-order chi connectivity index (χ1) is 6.52. The van der Waals surface area contributed by atoms with Gasteiger partial charge in [0.1, 0.15) is 0 Å². The van der Waals surface area contributed by atoms with E-state index >= 15 is 0 Å². The Kier molecular flexibility index (Phi) is 3.62. The lowest BCUT2D eigenvalue weighted by molar-refractivity contribution is -0.140. The van der Waals surface area contributed by atoms with Gasteiger partial charge in [0.2, 0.25) is 5.91 Å². The number of amides is 1. The Morgan fingerprint density at radius 2 is 2.14 bits per heavy atom. The number of nitrogens with one attached hydrogen (secondary N) is 1. The first-order valence-electron chi connectivity index (χ1n) is 4.33. The first-order valence-corrected chi connectivity index (χ1v) is 6.05.